The molecule has 0 saturated heterocycles. The molecule has 1 aliphatic heterocycles. The van der Waals surface area contributed by atoms with Crippen molar-refractivity contribution in [3.8, 4) is 0 Å². The van der Waals surface area contributed by atoms with Crippen LogP contribution in [-0.2, 0) is 9.53 Å². The van der Waals surface area contributed by atoms with E-state index in [0.717, 1.165) is 24.1 Å². The number of rotatable bonds is 5. The molecule has 0 amide bonds. The highest BCUT2D eigenvalue weighted by molar-refractivity contribution is 6.30. The molecule has 0 bridgehead atoms. The Labute approximate surface area is 145 Å². The minimum atomic E-state index is -0.387. The molecule has 0 aliphatic carbocycles. The second kappa shape index (κ2) is 7.05. The first kappa shape index (κ1) is 16.5. The summed E-state index contributed by atoms with van der Waals surface area (Å²) in [4.78, 5) is 16.9. The van der Waals surface area contributed by atoms with Crippen molar-refractivity contribution in [3.05, 3.63) is 52.4 Å². The third-order valence-electron chi connectivity index (χ3n) is 3.86. The van der Waals surface area contributed by atoms with E-state index >= 15 is 0 Å². The fourth-order valence-electron chi connectivity index (χ4n) is 2.86. The summed E-state index contributed by atoms with van der Waals surface area (Å²) in [5.74, 6) is 0.279. The molecular formula is C17H19ClN4O2. The summed E-state index contributed by atoms with van der Waals surface area (Å²) in [6, 6.07) is 7.01. The Morgan fingerprint density at radius 3 is 2.75 bits per heavy atom. The molecule has 24 heavy (non-hydrogen) atoms. The molecule has 1 N–H and O–H groups in total. The molecule has 1 unspecified atom stereocenters. The fraction of sp³-hybridized carbons (Fsp3) is 0.353. The molecule has 0 spiro atoms. The summed E-state index contributed by atoms with van der Waals surface area (Å²) >= 11 is 6.01. The van der Waals surface area contributed by atoms with E-state index in [1.54, 1.807) is 23.7 Å². The fourth-order valence-corrected chi connectivity index (χ4v) is 2.99. The molecule has 0 radical (unpaired) electrons. The largest absolute Gasteiger partial charge is 0.463 e. The zero-order valence-corrected chi connectivity index (χ0v) is 14.4. The van der Waals surface area contributed by atoms with E-state index < -0.39 is 0 Å². The Balaban J connectivity index is 2.15. The Morgan fingerprint density at radius 1 is 1.33 bits per heavy atom. The molecular weight excluding hydrogens is 328 g/mol. The number of ether oxygens (including phenoxy) is 1. The summed E-state index contributed by atoms with van der Waals surface area (Å²) in [5, 5.41) is 8.15. The van der Waals surface area contributed by atoms with Gasteiger partial charge in [0.15, 0.2) is 0 Å². The lowest BCUT2D eigenvalue weighted by Crippen LogP contribution is -2.30. The van der Waals surface area contributed by atoms with Gasteiger partial charge in [-0.1, -0.05) is 37.1 Å². The number of anilines is 1. The van der Waals surface area contributed by atoms with Gasteiger partial charge in [0.2, 0.25) is 5.95 Å². The number of allylic oxidation sites excluding steroid dienone is 1. The smallest absolute Gasteiger partial charge is 0.338 e. The number of benzene rings is 1. The van der Waals surface area contributed by atoms with Crippen LogP contribution in [0.5, 0.6) is 0 Å². The van der Waals surface area contributed by atoms with Gasteiger partial charge in [0.1, 0.15) is 12.4 Å². The Hall–Kier alpha value is -2.34. The van der Waals surface area contributed by atoms with E-state index in [4.69, 9.17) is 16.3 Å². The van der Waals surface area contributed by atoms with Crippen molar-refractivity contribution in [1.82, 2.24) is 14.8 Å². The molecule has 1 aliphatic rings. The summed E-state index contributed by atoms with van der Waals surface area (Å²) < 4.78 is 7.00. The van der Waals surface area contributed by atoms with E-state index in [1.165, 1.54) is 6.33 Å². The number of carbonyl (C=O) groups is 1. The zero-order valence-electron chi connectivity index (χ0n) is 13.6. The Bertz CT molecular complexity index is 767. The SMILES string of the molecule is CCCC1=C(C(=O)OCC)C(c2ccc(Cl)cc2)n2ncnc2N1. The number of hydrogen-bond donors (Lipinski definition) is 1. The van der Waals surface area contributed by atoms with Gasteiger partial charge >= 0.3 is 5.97 Å². The van der Waals surface area contributed by atoms with Crippen LogP contribution in [0.4, 0.5) is 5.95 Å². The van der Waals surface area contributed by atoms with E-state index in [2.05, 4.69) is 22.3 Å². The Kier molecular flexibility index (Phi) is 4.85. The average Bonchev–Trinajstić information content (AvgIpc) is 3.03. The van der Waals surface area contributed by atoms with Gasteiger partial charge in [-0.2, -0.15) is 10.1 Å². The van der Waals surface area contributed by atoms with Crippen molar-refractivity contribution in [3.63, 3.8) is 0 Å². The molecule has 2 aromatic rings. The first-order valence-electron chi connectivity index (χ1n) is 7.97. The maximum Gasteiger partial charge on any atom is 0.338 e. The van der Waals surface area contributed by atoms with Gasteiger partial charge in [-0.3, -0.25) is 0 Å². The third-order valence-corrected chi connectivity index (χ3v) is 4.11. The minimum Gasteiger partial charge on any atom is -0.463 e. The zero-order chi connectivity index (χ0) is 17.1. The molecule has 1 aromatic heterocycles. The summed E-state index contributed by atoms with van der Waals surface area (Å²) in [7, 11) is 0. The molecule has 0 fully saturated rings. The number of esters is 1. The minimum absolute atomic E-state index is 0.319. The van der Waals surface area contributed by atoms with Crippen LogP contribution in [-0.4, -0.2) is 27.3 Å². The van der Waals surface area contributed by atoms with Crippen LogP contribution >= 0.6 is 11.6 Å². The lowest BCUT2D eigenvalue weighted by atomic mass is 9.94. The molecule has 6 nitrogen and oxygen atoms in total. The summed E-state index contributed by atoms with van der Waals surface area (Å²) in [6.45, 7) is 4.18. The van der Waals surface area contributed by atoms with Gasteiger partial charge in [-0.25, -0.2) is 9.48 Å². The quantitative estimate of drug-likeness (QED) is 0.838. The monoisotopic (exact) mass is 346 g/mol. The van der Waals surface area contributed by atoms with Crippen LogP contribution in [0, 0.1) is 0 Å². The predicted octanol–water partition coefficient (Wildman–Crippen LogP) is 3.56. The van der Waals surface area contributed by atoms with Crippen LogP contribution in [0.1, 0.15) is 38.3 Å². The second-order valence-electron chi connectivity index (χ2n) is 5.47. The second-order valence-corrected chi connectivity index (χ2v) is 5.91. The first-order valence-corrected chi connectivity index (χ1v) is 8.35. The number of nitrogens with zero attached hydrogens (tertiary/aromatic N) is 3. The number of aromatic nitrogens is 3. The van der Waals surface area contributed by atoms with Crippen molar-refractivity contribution < 1.29 is 9.53 Å². The van der Waals surface area contributed by atoms with Gasteiger partial charge in [-0.15, -0.1) is 0 Å². The normalized spacial score (nSPS) is 16.5. The van der Waals surface area contributed by atoms with E-state index in [-0.39, 0.29) is 12.0 Å². The number of carbonyl (C=O) groups excluding carboxylic acids is 1. The lowest BCUT2D eigenvalue weighted by Gasteiger charge is -2.29. The molecule has 126 valence electrons. The highest BCUT2D eigenvalue weighted by Gasteiger charge is 2.35. The van der Waals surface area contributed by atoms with Gasteiger partial charge < -0.3 is 10.1 Å². The number of halogens is 1. The molecule has 0 saturated carbocycles. The number of fused-ring (bicyclic) bond motifs is 1. The van der Waals surface area contributed by atoms with E-state index in [0.29, 0.717) is 23.2 Å². The first-order chi connectivity index (χ1) is 11.7. The van der Waals surface area contributed by atoms with Crippen molar-refractivity contribution in [2.24, 2.45) is 0 Å². The number of nitrogens with one attached hydrogen (secondary N) is 1. The van der Waals surface area contributed by atoms with Gasteiger partial charge in [0, 0.05) is 10.7 Å². The molecule has 1 atom stereocenters. The van der Waals surface area contributed by atoms with Crippen molar-refractivity contribution >= 4 is 23.5 Å². The van der Waals surface area contributed by atoms with Crippen molar-refractivity contribution in [1.29, 1.82) is 0 Å². The predicted molar refractivity (Wildman–Crippen MR) is 91.8 cm³/mol. The Morgan fingerprint density at radius 2 is 2.08 bits per heavy atom. The maximum absolute atomic E-state index is 12.7. The summed E-state index contributed by atoms with van der Waals surface area (Å²) in [5.41, 5.74) is 2.31. The van der Waals surface area contributed by atoms with Crippen LogP contribution in [0.3, 0.4) is 0 Å². The highest BCUT2D eigenvalue weighted by Crippen LogP contribution is 2.36. The van der Waals surface area contributed by atoms with Crippen LogP contribution in [0.2, 0.25) is 5.02 Å². The van der Waals surface area contributed by atoms with E-state index in [1.807, 2.05) is 12.1 Å². The summed E-state index contributed by atoms with van der Waals surface area (Å²) in [6.07, 6.45) is 3.10. The molecule has 3 rings (SSSR count). The molecule has 2 heterocycles. The van der Waals surface area contributed by atoms with Crippen LogP contribution < -0.4 is 5.32 Å². The van der Waals surface area contributed by atoms with Gasteiger partial charge in [0.25, 0.3) is 0 Å². The van der Waals surface area contributed by atoms with Gasteiger partial charge in [-0.05, 0) is 31.0 Å². The molecule has 1 aromatic carbocycles. The standard InChI is InChI=1S/C17H19ClN4O2/c1-3-5-13-14(16(23)24-4-2)15(11-6-8-12(18)9-7-11)22-17(21-13)19-10-20-22/h6-10,15H,3-5H2,1-2H3,(H,19,20,21). The van der Waals surface area contributed by atoms with Gasteiger partial charge in [0.05, 0.1) is 12.2 Å². The van der Waals surface area contributed by atoms with E-state index in [9.17, 15) is 4.79 Å². The maximum atomic E-state index is 12.7. The van der Waals surface area contributed by atoms with Crippen LogP contribution in [0.15, 0.2) is 41.9 Å². The highest BCUT2D eigenvalue weighted by atomic mass is 35.5. The number of hydrogen-bond acceptors (Lipinski definition) is 5. The van der Waals surface area contributed by atoms with Crippen molar-refractivity contribution in [2.45, 2.75) is 32.7 Å². The molecule has 7 heteroatoms. The van der Waals surface area contributed by atoms with Crippen molar-refractivity contribution in [2.75, 3.05) is 11.9 Å². The third kappa shape index (κ3) is 3.01. The average molecular weight is 347 g/mol. The van der Waals surface area contributed by atoms with Crippen LogP contribution in [0.25, 0.3) is 0 Å². The lowest BCUT2D eigenvalue weighted by molar-refractivity contribution is -0.139. The topological polar surface area (TPSA) is 69.0 Å².